The van der Waals surface area contributed by atoms with E-state index < -0.39 is 15.9 Å². The van der Waals surface area contributed by atoms with Crippen molar-refractivity contribution in [1.82, 2.24) is 5.48 Å². The molecule has 7 heteroatoms. The van der Waals surface area contributed by atoms with E-state index in [0.29, 0.717) is 11.3 Å². The van der Waals surface area contributed by atoms with Crippen LogP contribution in [-0.4, -0.2) is 19.5 Å². The Morgan fingerprint density at radius 1 is 1.00 bits per heavy atom. The summed E-state index contributed by atoms with van der Waals surface area (Å²) in [7, 11) is -3.83. The molecule has 0 aliphatic carbocycles. The Labute approximate surface area is 166 Å². The zero-order chi connectivity index (χ0) is 20.9. The molecule has 1 amide bonds. The summed E-state index contributed by atoms with van der Waals surface area (Å²) in [5, 5.41) is 8.55. The maximum atomic E-state index is 13.0. The van der Waals surface area contributed by atoms with Gasteiger partial charge in [-0.25, -0.2) is 13.9 Å². The van der Waals surface area contributed by atoms with E-state index in [-0.39, 0.29) is 16.7 Å². The number of rotatable bonds is 7. The summed E-state index contributed by atoms with van der Waals surface area (Å²) in [6, 6.07) is 12.0. The van der Waals surface area contributed by atoms with Crippen LogP contribution in [0.5, 0.6) is 0 Å². The van der Waals surface area contributed by atoms with E-state index in [1.807, 2.05) is 45.9 Å². The first-order valence-corrected chi connectivity index (χ1v) is 10.5. The SMILES string of the molecule is CC(C)c1cccc(C(C)C)c1NS(=O)(=O)c1cccc(/C=C/C(=O)NO)c1. The minimum absolute atomic E-state index is 0.0901. The lowest BCUT2D eigenvalue weighted by molar-refractivity contribution is -0.124. The number of amides is 1. The predicted molar refractivity (Wildman–Crippen MR) is 111 cm³/mol. The van der Waals surface area contributed by atoms with Gasteiger partial charge in [-0.15, -0.1) is 0 Å². The topological polar surface area (TPSA) is 95.5 Å². The first-order valence-electron chi connectivity index (χ1n) is 9.03. The molecular formula is C21H26N2O4S. The van der Waals surface area contributed by atoms with Gasteiger partial charge < -0.3 is 0 Å². The van der Waals surface area contributed by atoms with Crippen LogP contribution in [0, 0.1) is 0 Å². The molecule has 0 radical (unpaired) electrons. The van der Waals surface area contributed by atoms with E-state index in [1.165, 1.54) is 23.7 Å². The summed E-state index contributed by atoms with van der Waals surface area (Å²) < 4.78 is 28.9. The van der Waals surface area contributed by atoms with Gasteiger partial charge in [0.2, 0.25) is 0 Å². The number of hydrogen-bond donors (Lipinski definition) is 3. The molecule has 0 aliphatic heterocycles. The first kappa shape index (κ1) is 21.7. The van der Waals surface area contributed by atoms with Gasteiger partial charge in [0.1, 0.15) is 0 Å². The Balaban J connectivity index is 2.45. The summed E-state index contributed by atoms with van der Waals surface area (Å²) in [4.78, 5) is 11.2. The number of carbonyl (C=O) groups is 1. The number of sulfonamides is 1. The highest BCUT2D eigenvalue weighted by Gasteiger charge is 2.21. The van der Waals surface area contributed by atoms with Crippen molar-refractivity contribution >= 4 is 27.7 Å². The van der Waals surface area contributed by atoms with Gasteiger partial charge in [0.25, 0.3) is 15.9 Å². The summed E-state index contributed by atoms with van der Waals surface area (Å²) in [6.45, 7) is 8.09. The van der Waals surface area contributed by atoms with Gasteiger partial charge in [0.05, 0.1) is 10.6 Å². The van der Waals surface area contributed by atoms with Crippen molar-refractivity contribution in [2.75, 3.05) is 4.72 Å². The lowest BCUT2D eigenvalue weighted by atomic mass is 9.93. The predicted octanol–water partition coefficient (Wildman–Crippen LogP) is 4.25. The fraction of sp³-hybridized carbons (Fsp3) is 0.286. The number of nitrogens with one attached hydrogen (secondary N) is 2. The van der Waals surface area contributed by atoms with Crippen molar-refractivity contribution in [2.24, 2.45) is 0 Å². The smallest absolute Gasteiger partial charge is 0.267 e. The first-order chi connectivity index (χ1) is 13.2. The van der Waals surface area contributed by atoms with Gasteiger partial charge in [0, 0.05) is 6.08 Å². The zero-order valence-corrected chi connectivity index (χ0v) is 17.2. The van der Waals surface area contributed by atoms with Gasteiger partial charge in [-0.1, -0.05) is 58.0 Å². The lowest BCUT2D eigenvalue weighted by Crippen LogP contribution is -2.17. The fourth-order valence-electron chi connectivity index (χ4n) is 2.86. The third kappa shape index (κ3) is 5.21. The van der Waals surface area contributed by atoms with Crippen molar-refractivity contribution < 1.29 is 18.4 Å². The molecular weight excluding hydrogens is 376 g/mol. The molecule has 0 aromatic heterocycles. The van der Waals surface area contributed by atoms with E-state index in [0.717, 1.165) is 17.2 Å². The summed E-state index contributed by atoms with van der Waals surface area (Å²) in [5.41, 5.74) is 4.50. The normalized spacial score (nSPS) is 12.0. The molecule has 0 heterocycles. The van der Waals surface area contributed by atoms with Crippen molar-refractivity contribution in [1.29, 1.82) is 0 Å². The third-order valence-electron chi connectivity index (χ3n) is 4.32. The number of hydrogen-bond acceptors (Lipinski definition) is 4. The van der Waals surface area contributed by atoms with Gasteiger partial charge in [-0.2, -0.15) is 0 Å². The Morgan fingerprint density at radius 2 is 1.57 bits per heavy atom. The number of carbonyl (C=O) groups excluding carboxylic acids is 1. The minimum Gasteiger partial charge on any atom is -0.288 e. The molecule has 2 aromatic carbocycles. The van der Waals surface area contributed by atoms with Crippen LogP contribution >= 0.6 is 0 Å². The quantitative estimate of drug-likeness (QED) is 0.366. The molecule has 0 saturated heterocycles. The van der Waals surface area contributed by atoms with Gasteiger partial charge in [-0.05, 0) is 46.7 Å². The molecule has 2 rings (SSSR count). The average Bonchev–Trinajstić information content (AvgIpc) is 2.65. The van der Waals surface area contributed by atoms with Gasteiger partial charge in [0.15, 0.2) is 0 Å². The second-order valence-electron chi connectivity index (χ2n) is 7.11. The Morgan fingerprint density at radius 3 is 2.11 bits per heavy atom. The molecule has 0 bridgehead atoms. The van der Waals surface area contributed by atoms with Crippen LogP contribution in [0.3, 0.4) is 0 Å². The molecule has 0 aliphatic rings. The van der Waals surface area contributed by atoms with Crippen LogP contribution in [0.4, 0.5) is 5.69 Å². The highest BCUT2D eigenvalue weighted by atomic mass is 32.2. The largest absolute Gasteiger partial charge is 0.288 e. The second-order valence-corrected chi connectivity index (χ2v) is 8.79. The molecule has 150 valence electrons. The van der Waals surface area contributed by atoms with Crippen LogP contribution in [0.25, 0.3) is 6.08 Å². The number of benzene rings is 2. The molecule has 0 atom stereocenters. The van der Waals surface area contributed by atoms with E-state index >= 15 is 0 Å². The number of para-hydroxylation sites is 1. The van der Waals surface area contributed by atoms with E-state index in [1.54, 1.807) is 12.1 Å². The van der Waals surface area contributed by atoms with Crippen molar-refractivity contribution in [3.63, 3.8) is 0 Å². The van der Waals surface area contributed by atoms with E-state index in [9.17, 15) is 13.2 Å². The highest BCUT2D eigenvalue weighted by molar-refractivity contribution is 7.92. The molecule has 28 heavy (non-hydrogen) atoms. The van der Waals surface area contributed by atoms with Crippen LogP contribution in [0.2, 0.25) is 0 Å². The molecule has 0 saturated carbocycles. The Hall–Kier alpha value is -2.64. The summed E-state index contributed by atoms with van der Waals surface area (Å²) in [6.07, 6.45) is 2.54. The highest BCUT2D eigenvalue weighted by Crippen LogP contribution is 2.34. The van der Waals surface area contributed by atoms with Gasteiger partial charge >= 0.3 is 0 Å². The van der Waals surface area contributed by atoms with Crippen molar-refractivity contribution in [3.8, 4) is 0 Å². The van der Waals surface area contributed by atoms with Crippen molar-refractivity contribution in [2.45, 2.75) is 44.4 Å². The van der Waals surface area contributed by atoms with E-state index in [2.05, 4.69) is 4.72 Å². The molecule has 0 fully saturated rings. The molecule has 0 spiro atoms. The maximum Gasteiger partial charge on any atom is 0.267 e. The average molecular weight is 403 g/mol. The van der Waals surface area contributed by atoms with Crippen LogP contribution in [0.15, 0.2) is 53.4 Å². The second kappa shape index (κ2) is 9.03. The summed E-state index contributed by atoms with van der Waals surface area (Å²) >= 11 is 0. The zero-order valence-electron chi connectivity index (χ0n) is 16.4. The third-order valence-corrected chi connectivity index (χ3v) is 5.66. The van der Waals surface area contributed by atoms with Crippen LogP contribution in [-0.2, 0) is 14.8 Å². The van der Waals surface area contributed by atoms with Crippen molar-refractivity contribution in [3.05, 3.63) is 65.2 Å². The fourth-order valence-corrected chi connectivity index (χ4v) is 4.03. The summed E-state index contributed by atoms with van der Waals surface area (Å²) in [5.74, 6) is -0.385. The number of hydroxylamine groups is 1. The van der Waals surface area contributed by atoms with Gasteiger partial charge in [-0.3, -0.25) is 14.7 Å². The number of anilines is 1. The molecule has 3 N–H and O–H groups in total. The lowest BCUT2D eigenvalue weighted by Gasteiger charge is -2.21. The standard InChI is InChI=1S/C21H26N2O4S/c1-14(2)18-9-6-10-19(15(3)4)21(18)23-28(26,27)17-8-5-7-16(13-17)11-12-20(24)22-25/h5-15,23,25H,1-4H3,(H,22,24)/b12-11+. The maximum absolute atomic E-state index is 13.0. The Kier molecular flexibility index (Phi) is 6.99. The van der Waals surface area contributed by atoms with Crippen LogP contribution < -0.4 is 10.2 Å². The minimum atomic E-state index is -3.83. The molecule has 6 nitrogen and oxygen atoms in total. The monoisotopic (exact) mass is 402 g/mol. The van der Waals surface area contributed by atoms with Crippen LogP contribution in [0.1, 0.15) is 56.2 Å². The molecule has 0 unspecified atom stereocenters. The van der Waals surface area contributed by atoms with E-state index in [4.69, 9.17) is 5.21 Å². The Bertz CT molecular complexity index is 953. The molecule has 2 aromatic rings.